The fourth-order valence-electron chi connectivity index (χ4n) is 7.56. The van der Waals surface area contributed by atoms with Crippen molar-refractivity contribution in [1.82, 2.24) is 5.32 Å². The first-order valence-electron chi connectivity index (χ1n) is 18.1. The van der Waals surface area contributed by atoms with Crippen LogP contribution in [0.15, 0.2) is 187 Å². The van der Waals surface area contributed by atoms with Crippen molar-refractivity contribution in [2.24, 2.45) is 10.9 Å². The Morgan fingerprint density at radius 1 is 0.529 bits per heavy atom. The van der Waals surface area contributed by atoms with E-state index in [0.29, 0.717) is 0 Å². The van der Waals surface area contributed by atoms with E-state index in [1.807, 2.05) is 0 Å². The maximum atomic E-state index is 5.52. The molecule has 6 aromatic carbocycles. The zero-order chi connectivity index (χ0) is 34.4. The van der Waals surface area contributed by atoms with E-state index < -0.39 is 0 Å². The molecule has 2 nitrogen and oxygen atoms in total. The third-order valence-electron chi connectivity index (χ3n) is 10.2. The molecule has 2 atom stereocenters. The highest BCUT2D eigenvalue weighted by Gasteiger charge is 2.27. The molecular formula is C49H42N2. The summed E-state index contributed by atoms with van der Waals surface area (Å²) >= 11 is 0. The fraction of sp³-hybridized carbons (Fsp3) is 0.122. The van der Waals surface area contributed by atoms with Crippen molar-refractivity contribution in [3.63, 3.8) is 0 Å². The van der Waals surface area contributed by atoms with E-state index >= 15 is 0 Å². The molecule has 2 heterocycles. The summed E-state index contributed by atoms with van der Waals surface area (Å²) in [4.78, 5) is 5.52. The van der Waals surface area contributed by atoms with Gasteiger partial charge in [-0.3, -0.25) is 4.99 Å². The van der Waals surface area contributed by atoms with Gasteiger partial charge < -0.3 is 5.32 Å². The SMILES string of the molecule is CCC1C=C(c2ccccc2)C=C(c2ccc(-c3ccccc3)cc2)N=C1c1ccc(C2=C(c3ccccc3)CNCC2c2ccccc2)cc1. The summed E-state index contributed by atoms with van der Waals surface area (Å²) in [6.07, 6.45) is 5.64. The number of rotatable bonds is 8. The lowest BCUT2D eigenvalue weighted by Gasteiger charge is -2.31. The third-order valence-corrected chi connectivity index (χ3v) is 10.2. The van der Waals surface area contributed by atoms with Gasteiger partial charge in [-0.25, -0.2) is 0 Å². The van der Waals surface area contributed by atoms with Crippen LogP contribution in [-0.2, 0) is 0 Å². The first-order chi connectivity index (χ1) is 25.2. The van der Waals surface area contributed by atoms with Gasteiger partial charge in [0.2, 0.25) is 0 Å². The summed E-state index contributed by atoms with van der Waals surface area (Å²) in [5.74, 6) is 0.419. The average Bonchev–Trinajstić information content (AvgIpc) is 3.42. The molecular weight excluding hydrogens is 617 g/mol. The summed E-state index contributed by atoms with van der Waals surface area (Å²) < 4.78 is 0. The van der Waals surface area contributed by atoms with Gasteiger partial charge in [-0.1, -0.05) is 183 Å². The Labute approximate surface area is 302 Å². The molecule has 248 valence electrons. The number of nitrogens with zero attached hydrogens (tertiary/aromatic N) is 1. The lowest BCUT2D eigenvalue weighted by Crippen LogP contribution is -2.30. The Kier molecular flexibility index (Phi) is 9.50. The smallest absolute Gasteiger partial charge is 0.0711 e. The Morgan fingerprint density at radius 2 is 1.04 bits per heavy atom. The van der Waals surface area contributed by atoms with Crippen molar-refractivity contribution in [1.29, 1.82) is 0 Å². The van der Waals surface area contributed by atoms with Crippen LogP contribution in [0.3, 0.4) is 0 Å². The van der Waals surface area contributed by atoms with Crippen LogP contribution < -0.4 is 5.32 Å². The standard InChI is InChI=1S/C49H42N2/c1-2-35-31-44(37-17-9-4-10-18-37)32-47(41-25-23-38(24-26-41)36-15-7-3-8-16-36)51-49(35)43-29-27-42(28-30-43)48-45(39-19-11-5-12-20-39)33-50-34-46(48)40-21-13-6-14-22-40/h3-32,35,45,50H,2,33-34H2,1H3. The predicted molar refractivity (Wildman–Crippen MR) is 216 cm³/mol. The Bertz CT molecular complexity index is 2210. The van der Waals surface area contributed by atoms with Crippen LogP contribution in [-0.4, -0.2) is 18.8 Å². The maximum absolute atomic E-state index is 5.52. The molecule has 0 saturated carbocycles. The summed E-state index contributed by atoms with van der Waals surface area (Å²) in [6, 6.07) is 61.2. The zero-order valence-electron chi connectivity index (χ0n) is 29.0. The van der Waals surface area contributed by atoms with E-state index in [1.165, 1.54) is 50.1 Å². The first-order valence-corrected chi connectivity index (χ1v) is 18.1. The van der Waals surface area contributed by atoms with Crippen molar-refractivity contribution in [3.05, 3.63) is 215 Å². The monoisotopic (exact) mass is 658 g/mol. The molecule has 51 heavy (non-hydrogen) atoms. The van der Waals surface area contributed by atoms with E-state index in [2.05, 4.69) is 194 Å². The third kappa shape index (κ3) is 6.97. The van der Waals surface area contributed by atoms with Gasteiger partial charge in [0.25, 0.3) is 0 Å². The predicted octanol–water partition coefficient (Wildman–Crippen LogP) is 11.6. The number of nitrogens with one attached hydrogen (secondary N) is 1. The Morgan fingerprint density at radius 3 is 1.67 bits per heavy atom. The van der Waals surface area contributed by atoms with Crippen molar-refractivity contribution >= 4 is 28.1 Å². The lowest BCUT2D eigenvalue weighted by molar-refractivity contribution is 0.684. The largest absolute Gasteiger partial charge is 0.312 e. The van der Waals surface area contributed by atoms with E-state index in [9.17, 15) is 0 Å². The molecule has 2 heteroatoms. The summed E-state index contributed by atoms with van der Waals surface area (Å²) in [5, 5.41) is 3.73. The molecule has 0 radical (unpaired) electrons. The molecule has 2 aliphatic rings. The molecule has 0 fully saturated rings. The van der Waals surface area contributed by atoms with Gasteiger partial charge in [0.15, 0.2) is 0 Å². The van der Waals surface area contributed by atoms with Gasteiger partial charge in [-0.2, -0.15) is 0 Å². The number of aliphatic imine (C=N–C) groups is 1. The van der Waals surface area contributed by atoms with Crippen LogP contribution in [0.4, 0.5) is 0 Å². The topological polar surface area (TPSA) is 24.4 Å². The second-order valence-electron chi connectivity index (χ2n) is 13.4. The molecule has 0 amide bonds. The maximum Gasteiger partial charge on any atom is 0.0711 e. The van der Waals surface area contributed by atoms with Crippen molar-refractivity contribution < 1.29 is 0 Å². The molecule has 8 rings (SSSR count). The molecule has 0 aromatic heterocycles. The minimum Gasteiger partial charge on any atom is -0.312 e. The van der Waals surface area contributed by atoms with Crippen LogP contribution in [0, 0.1) is 5.92 Å². The van der Waals surface area contributed by atoms with Gasteiger partial charge in [0.05, 0.1) is 11.4 Å². The number of hydrogen-bond donors (Lipinski definition) is 1. The van der Waals surface area contributed by atoms with E-state index in [4.69, 9.17) is 4.99 Å². The van der Waals surface area contributed by atoms with Crippen LogP contribution >= 0.6 is 0 Å². The van der Waals surface area contributed by atoms with E-state index in [-0.39, 0.29) is 11.8 Å². The molecule has 0 saturated heterocycles. The zero-order valence-corrected chi connectivity index (χ0v) is 29.0. The highest BCUT2D eigenvalue weighted by molar-refractivity contribution is 6.09. The molecule has 6 aromatic rings. The highest BCUT2D eigenvalue weighted by Crippen LogP contribution is 2.41. The number of allylic oxidation sites excluding steroid dienone is 3. The van der Waals surface area contributed by atoms with Crippen LogP contribution in [0.1, 0.15) is 52.6 Å². The molecule has 0 aliphatic carbocycles. The Hall–Kier alpha value is -5.83. The fourth-order valence-corrected chi connectivity index (χ4v) is 7.56. The molecule has 2 aliphatic heterocycles. The van der Waals surface area contributed by atoms with Crippen molar-refractivity contribution in [2.75, 3.05) is 13.1 Å². The second kappa shape index (κ2) is 15.0. The van der Waals surface area contributed by atoms with E-state index in [1.54, 1.807) is 0 Å². The van der Waals surface area contributed by atoms with Crippen LogP contribution in [0.2, 0.25) is 0 Å². The number of benzene rings is 6. The van der Waals surface area contributed by atoms with Crippen molar-refractivity contribution in [2.45, 2.75) is 19.3 Å². The van der Waals surface area contributed by atoms with E-state index in [0.717, 1.165) is 42.0 Å². The average molecular weight is 659 g/mol. The minimum atomic E-state index is 0.165. The summed E-state index contributed by atoms with van der Waals surface area (Å²) in [5.41, 5.74) is 15.8. The molecule has 0 bridgehead atoms. The lowest BCUT2D eigenvalue weighted by atomic mass is 9.79. The van der Waals surface area contributed by atoms with Crippen LogP contribution in [0.5, 0.6) is 0 Å². The highest BCUT2D eigenvalue weighted by atomic mass is 14.9. The summed E-state index contributed by atoms with van der Waals surface area (Å²) in [7, 11) is 0. The first kappa shape index (κ1) is 32.4. The molecule has 1 N–H and O–H groups in total. The second-order valence-corrected chi connectivity index (χ2v) is 13.4. The normalized spacial score (nSPS) is 17.6. The molecule has 2 unspecified atom stereocenters. The Balaban J connectivity index is 1.22. The summed E-state index contributed by atoms with van der Waals surface area (Å²) in [6.45, 7) is 4.02. The van der Waals surface area contributed by atoms with Gasteiger partial charge >= 0.3 is 0 Å². The quantitative estimate of drug-likeness (QED) is 0.173. The van der Waals surface area contributed by atoms with Crippen LogP contribution in [0.25, 0.3) is 33.5 Å². The van der Waals surface area contributed by atoms with Gasteiger partial charge in [-0.15, -0.1) is 0 Å². The minimum absolute atomic E-state index is 0.165. The van der Waals surface area contributed by atoms with Gasteiger partial charge in [-0.05, 0) is 68.2 Å². The van der Waals surface area contributed by atoms with Gasteiger partial charge in [0, 0.05) is 30.5 Å². The molecule has 0 spiro atoms. The number of hydrogen-bond acceptors (Lipinski definition) is 2. The van der Waals surface area contributed by atoms with Crippen molar-refractivity contribution in [3.8, 4) is 11.1 Å². The van der Waals surface area contributed by atoms with Gasteiger partial charge in [0.1, 0.15) is 0 Å².